The lowest BCUT2D eigenvalue weighted by Gasteiger charge is -2.13. The summed E-state index contributed by atoms with van der Waals surface area (Å²) in [6.07, 6.45) is 0.764. The van der Waals surface area contributed by atoms with Crippen LogP contribution in [0, 0.1) is 0 Å². The van der Waals surface area contributed by atoms with Crippen molar-refractivity contribution < 1.29 is 4.79 Å². The normalized spacial score (nSPS) is 12.5. The zero-order chi connectivity index (χ0) is 12.8. The van der Waals surface area contributed by atoms with Crippen LogP contribution in [0.4, 0.5) is 0 Å². The van der Waals surface area contributed by atoms with E-state index in [0.717, 1.165) is 11.3 Å². The van der Waals surface area contributed by atoms with E-state index in [9.17, 15) is 4.79 Å². The molecule has 0 fully saturated rings. The Labute approximate surface area is 107 Å². The molecule has 0 aliphatic heterocycles. The van der Waals surface area contributed by atoms with Gasteiger partial charge in [0.2, 0.25) is 5.91 Å². The Hall–Kier alpha value is -1.00. The van der Waals surface area contributed by atoms with Gasteiger partial charge in [-0.05, 0) is 30.0 Å². The van der Waals surface area contributed by atoms with Gasteiger partial charge in [0.25, 0.3) is 0 Å². The number of rotatable bonds is 5. The second kappa shape index (κ2) is 6.67. The molecule has 0 aromatic heterocycles. The number of benzene rings is 1. The highest BCUT2D eigenvalue weighted by Crippen LogP contribution is 2.27. The van der Waals surface area contributed by atoms with E-state index in [4.69, 9.17) is 5.84 Å². The molecule has 0 aliphatic rings. The van der Waals surface area contributed by atoms with Gasteiger partial charge in [-0.1, -0.05) is 32.9 Å². The number of hydrazine groups is 1. The predicted molar refractivity (Wildman–Crippen MR) is 72.8 cm³/mol. The van der Waals surface area contributed by atoms with Crippen LogP contribution in [0.3, 0.4) is 0 Å². The van der Waals surface area contributed by atoms with Gasteiger partial charge in [-0.3, -0.25) is 10.2 Å². The lowest BCUT2D eigenvalue weighted by Crippen LogP contribution is -2.37. The van der Waals surface area contributed by atoms with Crippen LogP contribution in [-0.4, -0.2) is 11.2 Å². The summed E-state index contributed by atoms with van der Waals surface area (Å²) in [6.45, 7) is 6.31. The first-order valence-electron chi connectivity index (χ1n) is 5.85. The quantitative estimate of drug-likeness (QED) is 0.366. The summed E-state index contributed by atoms with van der Waals surface area (Å²) in [4.78, 5) is 12.6. The maximum atomic E-state index is 11.5. The van der Waals surface area contributed by atoms with Crippen LogP contribution in [0.15, 0.2) is 29.2 Å². The van der Waals surface area contributed by atoms with E-state index >= 15 is 0 Å². The highest BCUT2D eigenvalue weighted by Gasteiger charge is 2.16. The van der Waals surface area contributed by atoms with Crippen molar-refractivity contribution in [3.05, 3.63) is 29.8 Å². The van der Waals surface area contributed by atoms with Crippen LogP contribution in [0.2, 0.25) is 0 Å². The number of carbonyl (C=O) groups excluding carboxylic acids is 1. The van der Waals surface area contributed by atoms with Gasteiger partial charge in [-0.15, -0.1) is 11.8 Å². The number of amides is 1. The largest absolute Gasteiger partial charge is 0.293 e. The van der Waals surface area contributed by atoms with Gasteiger partial charge < -0.3 is 0 Å². The lowest BCUT2D eigenvalue weighted by molar-refractivity contribution is -0.120. The molecule has 0 heterocycles. The van der Waals surface area contributed by atoms with Crippen molar-refractivity contribution in [2.75, 3.05) is 0 Å². The number of carbonyl (C=O) groups is 1. The molecule has 1 aromatic rings. The summed E-state index contributed by atoms with van der Waals surface area (Å²) in [7, 11) is 0. The van der Waals surface area contributed by atoms with E-state index in [1.54, 1.807) is 11.8 Å². The minimum Gasteiger partial charge on any atom is -0.293 e. The van der Waals surface area contributed by atoms with E-state index in [1.807, 2.05) is 6.92 Å². The molecule has 0 aliphatic carbocycles. The maximum Gasteiger partial charge on any atom is 0.247 e. The molecule has 17 heavy (non-hydrogen) atoms. The molecule has 0 spiro atoms. The number of thioether (sulfide) groups is 1. The Bertz CT molecular complexity index is 362. The molecule has 4 heteroatoms. The first-order chi connectivity index (χ1) is 8.08. The monoisotopic (exact) mass is 252 g/mol. The van der Waals surface area contributed by atoms with Gasteiger partial charge in [-0.25, -0.2) is 5.84 Å². The van der Waals surface area contributed by atoms with Gasteiger partial charge in [0.15, 0.2) is 0 Å². The second-order valence-corrected chi connectivity index (χ2v) is 5.52. The molecule has 1 amide bonds. The Morgan fingerprint density at radius 1 is 1.35 bits per heavy atom. The van der Waals surface area contributed by atoms with E-state index in [1.165, 1.54) is 5.56 Å². The van der Waals surface area contributed by atoms with Crippen LogP contribution < -0.4 is 11.3 Å². The minimum absolute atomic E-state index is 0.120. The summed E-state index contributed by atoms with van der Waals surface area (Å²) < 4.78 is 0. The molecule has 1 rings (SSSR count). The number of hydrogen-bond donors (Lipinski definition) is 2. The van der Waals surface area contributed by atoms with Gasteiger partial charge in [0, 0.05) is 4.90 Å². The molecule has 0 saturated heterocycles. The fourth-order valence-corrected chi connectivity index (χ4v) is 2.47. The molecule has 1 unspecified atom stereocenters. The topological polar surface area (TPSA) is 55.1 Å². The third kappa shape index (κ3) is 4.06. The Morgan fingerprint density at radius 2 is 1.94 bits per heavy atom. The number of nitrogens with two attached hydrogens (primary N) is 1. The summed E-state index contributed by atoms with van der Waals surface area (Å²) in [6, 6.07) is 8.35. The van der Waals surface area contributed by atoms with Crippen LogP contribution in [0.25, 0.3) is 0 Å². The van der Waals surface area contributed by atoms with E-state index in [0.29, 0.717) is 5.92 Å². The van der Waals surface area contributed by atoms with Crippen LogP contribution in [0.1, 0.15) is 38.7 Å². The minimum atomic E-state index is -0.120. The Morgan fingerprint density at radius 3 is 2.35 bits per heavy atom. The fourth-order valence-electron chi connectivity index (χ4n) is 1.51. The molecule has 1 atom stereocenters. The molecular weight excluding hydrogens is 232 g/mol. The molecule has 94 valence electrons. The molecule has 0 radical (unpaired) electrons. The SMILES string of the molecule is CCC(Sc1ccc(C(C)C)cc1)C(=O)NN. The van der Waals surface area contributed by atoms with Crippen molar-refractivity contribution in [2.45, 2.75) is 43.3 Å². The molecule has 1 aromatic carbocycles. The first kappa shape index (κ1) is 14.1. The van der Waals surface area contributed by atoms with Crippen LogP contribution in [0.5, 0.6) is 0 Å². The van der Waals surface area contributed by atoms with Gasteiger partial charge in [-0.2, -0.15) is 0 Å². The molecular formula is C13H20N2OS. The van der Waals surface area contributed by atoms with Gasteiger partial charge in [0.1, 0.15) is 0 Å². The molecule has 3 N–H and O–H groups in total. The summed E-state index contributed by atoms with van der Waals surface area (Å²) in [5.74, 6) is 5.56. The van der Waals surface area contributed by atoms with Crippen molar-refractivity contribution >= 4 is 17.7 Å². The average Bonchev–Trinajstić information content (AvgIpc) is 2.35. The van der Waals surface area contributed by atoms with Gasteiger partial charge >= 0.3 is 0 Å². The number of nitrogens with one attached hydrogen (secondary N) is 1. The average molecular weight is 252 g/mol. The van der Waals surface area contributed by atoms with Crippen molar-refractivity contribution in [3.8, 4) is 0 Å². The number of hydrogen-bond acceptors (Lipinski definition) is 3. The Kier molecular flexibility index (Phi) is 5.51. The summed E-state index contributed by atoms with van der Waals surface area (Å²) in [5, 5.41) is -0.120. The van der Waals surface area contributed by atoms with Crippen molar-refractivity contribution in [1.29, 1.82) is 0 Å². The molecule has 3 nitrogen and oxygen atoms in total. The third-order valence-electron chi connectivity index (χ3n) is 2.63. The standard InChI is InChI=1S/C13H20N2OS/c1-4-12(13(16)15-14)17-11-7-5-10(6-8-11)9(2)3/h5-9,12H,4,14H2,1-3H3,(H,15,16). The molecule has 0 bridgehead atoms. The van der Waals surface area contributed by atoms with Crippen molar-refractivity contribution in [2.24, 2.45) is 5.84 Å². The first-order valence-corrected chi connectivity index (χ1v) is 6.73. The van der Waals surface area contributed by atoms with E-state index in [2.05, 4.69) is 43.5 Å². The van der Waals surface area contributed by atoms with Crippen molar-refractivity contribution in [1.82, 2.24) is 5.43 Å². The van der Waals surface area contributed by atoms with E-state index < -0.39 is 0 Å². The molecule has 0 saturated carbocycles. The van der Waals surface area contributed by atoms with Gasteiger partial charge in [0.05, 0.1) is 5.25 Å². The zero-order valence-electron chi connectivity index (χ0n) is 10.6. The Balaban J connectivity index is 2.70. The smallest absolute Gasteiger partial charge is 0.247 e. The lowest BCUT2D eigenvalue weighted by atomic mass is 10.0. The summed E-state index contributed by atoms with van der Waals surface area (Å²) >= 11 is 1.55. The predicted octanol–water partition coefficient (Wildman–Crippen LogP) is 2.67. The van der Waals surface area contributed by atoms with E-state index in [-0.39, 0.29) is 11.2 Å². The highest BCUT2D eigenvalue weighted by atomic mass is 32.2. The fraction of sp³-hybridized carbons (Fsp3) is 0.462. The maximum absolute atomic E-state index is 11.5. The second-order valence-electron chi connectivity index (χ2n) is 4.25. The van der Waals surface area contributed by atoms with Crippen LogP contribution in [-0.2, 0) is 4.79 Å². The van der Waals surface area contributed by atoms with Crippen molar-refractivity contribution in [3.63, 3.8) is 0 Å². The van der Waals surface area contributed by atoms with Crippen LogP contribution >= 0.6 is 11.8 Å². The summed E-state index contributed by atoms with van der Waals surface area (Å²) in [5.41, 5.74) is 3.52. The highest BCUT2D eigenvalue weighted by molar-refractivity contribution is 8.00. The zero-order valence-corrected chi connectivity index (χ0v) is 11.4. The third-order valence-corrected chi connectivity index (χ3v) is 4.01.